The smallest absolute Gasteiger partial charge is 0.128 e. The standard InChI is InChI=1S/C11H9Cl2N/c1-10(7-11(10,12)13)9-4-2-8(6-14)3-5-9/h2-5H,7H2,1H3. The van der Waals surface area contributed by atoms with E-state index >= 15 is 0 Å². The van der Waals surface area contributed by atoms with Gasteiger partial charge in [-0.05, 0) is 24.1 Å². The normalized spacial score (nSPS) is 28.1. The Hall–Kier alpha value is -0.710. The topological polar surface area (TPSA) is 23.8 Å². The molecule has 0 aliphatic heterocycles. The molecule has 0 amide bonds. The molecule has 1 aliphatic rings. The Morgan fingerprint density at radius 1 is 1.29 bits per heavy atom. The van der Waals surface area contributed by atoms with Crippen molar-refractivity contribution in [3.8, 4) is 6.07 Å². The largest absolute Gasteiger partial charge is 0.192 e. The second kappa shape index (κ2) is 2.89. The molecule has 0 spiro atoms. The summed E-state index contributed by atoms with van der Waals surface area (Å²) in [6.45, 7) is 2.04. The van der Waals surface area contributed by atoms with Crippen molar-refractivity contribution >= 4 is 23.2 Å². The molecular formula is C11H9Cl2N. The second-order valence-electron chi connectivity index (χ2n) is 3.90. The summed E-state index contributed by atoms with van der Waals surface area (Å²) in [5.41, 5.74) is 1.61. The minimum absolute atomic E-state index is 0.149. The fraction of sp³-hybridized carbons (Fsp3) is 0.364. The van der Waals surface area contributed by atoms with E-state index in [1.807, 2.05) is 19.1 Å². The van der Waals surface area contributed by atoms with Gasteiger partial charge >= 0.3 is 0 Å². The molecule has 72 valence electrons. The molecule has 3 heteroatoms. The Bertz CT molecular complexity index is 402. The first-order valence-electron chi connectivity index (χ1n) is 4.38. The van der Waals surface area contributed by atoms with Gasteiger partial charge in [-0.3, -0.25) is 0 Å². The lowest BCUT2D eigenvalue weighted by Crippen LogP contribution is -2.09. The van der Waals surface area contributed by atoms with Crippen LogP contribution in [0, 0.1) is 11.3 Å². The average molecular weight is 226 g/mol. The van der Waals surface area contributed by atoms with Gasteiger partial charge in [-0.1, -0.05) is 19.1 Å². The zero-order chi connectivity index (χ0) is 10.4. The number of halogens is 2. The van der Waals surface area contributed by atoms with E-state index in [1.165, 1.54) is 0 Å². The van der Waals surface area contributed by atoms with Gasteiger partial charge in [-0.2, -0.15) is 5.26 Å². The van der Waals surface area contributed by atoms with Gasteiger partial charge < -0.3 is 0 Å². The lowest BCUT2D eigenvalue weighted by atomic mass is 9.97. The molecule has 1 nitrogen and oxygen atoms in total. The Kier molecular flexibility index (Phi) is 2.03. The van der Waals surface area contributed by atoms with Gasteiger partial charge in [0, 0.05) is 5.41 Å². The van der Waals surface area contributed by atoms with Crippen molar-refractivity contribution in [2.45, 2.75) is 23.1 Å². The molecule has 0 saturated heterocycles. The minimum Gasteiger partial charge on any atom is -0.192 e. The molecule has 2 rings (SSSR count). The van der Waals surface area contributed by atoms with Crippen molar-refractivity contribution in [2.75, 3.05) is 0 Å². The van der Waals surface area contributed by atoms with Gasteiger partial charge in [0.2, 0.25) is 0 Å². The fourth-order valence-electron chi connectivity index (χ4n) is 1.63. The maximum atomic E-state index is 8.65. The van der Waals surface area contributed by atoms with Crippen molar-refractivity contribution in [3.05, 3.63) is 35.4 Å². The predicted molar refractivity (Wildman–Crippen MR) is 57.6 cm³/mol. The summed E-state index contributed by atoms with van der Waals surface area (Å²) in [6.07, 6.45) is 0.773. The third kappa shape index (κ3) is 1.30. The summed E-state index contributed by atoms with van der Waals surface area (Å²) in [7, 11) is 0. The van der Waals surface area contributed by atoms with E-state index in [-0.39, 0.29) is 5.41 Å². The summed E-state index contributed by atoms with van der Waals surface area (Å²) in [5.74, 6) is 0. The zero-order valence-electron chi connectivity index (χ0n) is 7.72. The van der Waals surface area contributed by atoms with Crippen LogP contribution in [0.1, 0.15) is 24.5 Å². The third-order valence-corrected chi connectivity index (χ3v) is 4.01. The van der Waals surface area contributed by atoms with E-state index in [2.05, 4.69) is 6.07 Å². The monoisotopic (exact) mass is 225 g/mol. The highest BCUT2D eigenvalue weighted by atomic mass is 35.5. The maximum Gasteiger partial charge on any atom is 0.128 e. The van der Waals surface area contributed by atoms with Gasteiger partial charge in [0.1, 0.15) is 4.33 Å². The molecule has 0 radical (unpaired) electrons. The Labute approximate surface area is 93.2 Å². The van der Waals surface area contributed by atoms with Crippen LogP contribution in [0.15, 0.2) is 24.3 Å². The number of nitriles is 1. The molecule has 1 aromatic carbocycles. The highest BCUT2D eigenvalue weighted by Gasteiger charge is 2.63. The summed E-state index contributed by atoms with van der Waals surface area (Å²) in [5, 5.41) is 8.65. The number of alkyl halides is 2. The molecular weight excluding hydrogens is 217 g/mol. The Morgan fingerprint density at radius 2 is 1.79 bits per heavy atom. The molecule has 1 atom stereocenters. The molecule has 0 heterocycles. The highest BCUT2D eigenvalue weighted by Crippen LogP contribution is 2.64. The number of hydrogen-bond acceptors (Lipinski definition) is 1. The van der Waals surface area contributed by atoms with Gasteiger partial charge in [-0.25, -0.2) is 0 Å². The number of nitrogens with zero attached hydrogens (tertiary/aromatic N) is 1. The average Bonchev–Trinajstić information content (AvgIpc) is 2.68. The van der Waals surface area contributed by atoms with Crippen LogP contribution in [0.2, 0.25) is 0 Å². The minimum atomic E-state index is -0.638. The van der Waals surface area contributed by atoms with Crippen LogP contribution in [0.3, 0.4) is 0 Å². The van der Waals surface area contributed by atoms with Crippen molar-refractivity contribution in [2.24, 2.45) is 0 Å². The Morgan fingerprint density at radius 3 is 2.14 bits per heavy atom. The summed E-state index contributed by atoms with van der Waals surface area (Å²) >= 11 is 12.1. The van der Waals surface area contributed by atoms with E-state index in [0.29, 0.717) is 5.56 Å². The fourth-order valence-corrected chi connectivity index (χ4v) is 2.38. The van der Waals surface area contributed by atoms with Crippen LogP contribution in [-0.4, -0.2) is 4.33 Å². The van der Waals surface area contributed by atoms with Crippen molar-refractivity contribution in [1.82, 2.24) is 0 Å². The first-order valence-corrected chi connectivity index (χ1v) is 5.14. The molecule has 1 aromatic rings. The molecule has 0 bridgehead atoms. The van der Waals surface area contributed by atoms with Gasteiger partial charge in [0.15, 0.2) is 0 Å². The van der Waals surface area contributed by atoms with Crippen LogP contribution < -0.4 is 0 Å². The molecule has 14 heavy (non-hydrogen) atoms. The quantitative estimate of drug-likeness (QED) is 0.673. The first kappa shape index (κ1) is 9.83. The van der Waals surface area contributed by atoms with Gasteiger partial charge in [-0.15, -0.1) is 23.2 Å². The molecule has 1 aliphatic carbocycles. The summed E-state index contributed by atoms with van der Waals surface area (Å²) < 4.78 is -0.638. The van der Waals surface area contributed by atoms with Crippen LogP contribution in [-0.2, 0) is 5.41 Å². The van der Waals surface area contributed by atoms with Crippen LogP contribution in [0.4, 0.5) is 0 Å². The first-order chi connectivity index (χ1) is 6.49. The van der Waals surface area contributed by atoms with Crippen molar-refractivity contribution in [3.63, 3.8) is 0 Å². The zero-order valence-corrected chi connectivity index (χ0v) is 9.23. The van der Waals surface area contributed by atoms with E-state index in [4.69, 9.17) is 28.5 Å². The third-order valence-electron chi connectivity index (χ3n) is 2.91. The number of benzene rings is 1. The SMILES string of the molecule is CC1(c2ccc(C#N)cc2)CC1(Cl)Cl. The molecule has 1 saturated carbocycles. The lowest BCUT2D eigenvalue weighted by Gasteiger charge is -2.11. The van der Waals surface area contributed by atoms with Crippen molar-refractivity contribution < 1.29 is 0 Å². The molecule has 1 fully saturated rings. The Balaban J connectivity index is 2.33. The van der Waals surface area contributed by atoms with E-state index < -0.39 is 4.33 Å². The van der Waals surface area contributed by atoms with Crippen LogP contribution >= 0.6 is 23.2 Å². The maximum absolute atomic E-state index is 8.65. The number of hydrogen-bond donors (Lipinski definition) is 0. The molecule has 0 N–H and O–H groups in total. The van der Waals surface area contributed by atoms with E-state index in [1.54, 1.807) is 12.1 Å². The van der Waals surface area contributed by atoms with Gasteiger partial charge in [0.25, 0.3) is 0 Å². The van der Waals surface area contributed by atoms with E-state index in [9.17, 15) is 0 Å². The van der Waals surface area contributed by atoms with Gasteiger partial charge in [0.05, 0.1) is 11.6 Å². The van der Waals surface area contributed by atoms with E-state index in [0.717, 1.165) is 12.0 Å². The van der Waals surface area contributed by atoms with Crippen LogP contribution in [0.25, 0.3) is 0 Å². The summed E-state index contributed by atoms with van der Waals surface area (Å²) in [4.78, 5) is 0. The van der Waals surface area contributed by atoms with Crippen molar-refractivity contribution in [1.29, 1.82) is 5.26 Å². The molecule has 0 aromatic heterocycles. The lowest BCUT2D eigenvalue weighted by molar-refractivity contribution is 0.774. The summed E-state index contributed by atoms with van der Waals surface area (Å²) in [6, 6.07) is 9.51. The molecule has 1 unspecified atom stereocenters. The number of rotatable bonds is 1. The predicted octanol–water partition coefficient (Wildman–Crippen LogP) is 3.39. The highest BCUT2D eigenvalue weighted by molar-refractivity contribution is 6.52. The second-order valence-corrected chi connectivity index (χ2v) is 5.39. The van der Waals surface area contributed by atoms with Crippen LogP contribution in [0.5, 0.6) is 0 Å².